The zero-order chi connectivity index (χ0) is 25.1. The first-order chi connectivity index (χ1) is 16.6. The van der Waals surface area contributed by atoms with Crippen molar-refractivity contribution in [1.29, 1.82) is 5.26 Å². The summed E-state index contributed by atoms with van der Waals surface area (Å²) in [4.78, 5) is 0. The topological polar surface area (TPSA) is 40.8 Å². The van der Waals surface area contributed by atoms with Crippen LogP contribution in [0.4, 0.5) is 0 Å². The van der Waals surface area contributed by atoms with Crippen molar-refractivity contribution in [2.24, 2.45) is 7.05 Å². The van der Waals surface area contributed by atoms with Crippen LogP contribution in [0, 0.1) is 32.1 Å². The van der Waals surface area contributed by atoms with Gasteiger partial charge in [-0.3, -0.25) is 0 Å². The van der Waals surface area contributed by atoms with Gasteiger partial charge in [-0.2, -0.15) is 9.83 Å². The molecule has 35 heavy (non-hydrogen) atoms. The fourth-order valence-electron chi connectivity index (χ4n) is 5.64. The maximum absolute atomic E-state index is 9.76. The van der Waals surface area contributed by atoms with Crippen LogP contribution in [-0.4, -0.2) is 8.07 Å². The summed E-state index contributed by atoms with van der Waals surface area (Å²) < 4.78 is 9.05. The molecule has 0 N–H and O–H groups in total. The van der Waals surface area contributed by atoms with E-state index in [-0.39, 0.29) is 0 Å². The average molecular weight is 476 g/mol. The first-order valence-corrected chi connectivity index (χ1v) is 15.6. The van der Waals surface area contributed by atoms with E-state index in [1.165, 1.54) is 22.0 Å². The SMILES string of the molecule is Cc1cc(-c2c(C)ccc3c2oc2c(-c4ccccc4)cc(C#N)cc23)[n+](C)c(C)c1[Si](C)(C)C. The van der Waals surface area contributed by atoms with Gasteiger partial charge < -0.3 is 4.42 Å². The van der Waals surface area contributed by atoms with E-state index >= 15 is 0 Å². The molecule has 0 amide bonds. The number of furan rings is 1. The van der Waals surface area contributed by atoms with Crippen molar-refractivity contribution in [3.8, 4) is 28.5 Å². The Hall–Kier alpha value is -3.68. The molecule has 174 valence electrons. The maximum Gasteiger partial charge on any atom is 0.216 e. The second kappa shape index (κ2) is 8.22. The molecular formula is C31H31N2OSi+. The Bertz CT molecular complexity index is 1670. The third-order valence-corrected chi connectivity index (χ3v) is 9.40. The van der Waals surface area contributed by atoms with E-state index in [2.05, 4.69) is 88.4 Å². The van der Waals surface area contributed by atoms with Crippen LogP contribution < -0.4 is 9.75 Å². The highest BCUT2D eigenvalue weighted by atomic mass is 28.3. The van der Waals surface area contributed by atoms with Crippen LogP contribution in [-0.2, 0) is 7.05 Å². The van der Waals surface area contributed by atoms with Gasteiger partial charge in [0.05, 0.1) is 25.3 Å². The van der Waals surface area contributed by atoms with Crippen LogP contribution in [0.3, 0.4) is 0 Å². The van der Waals surface area contributed by atoms with E-state index in [4.69, 9.17) is 4.42 Å². The third kappa shape index (κ3) is 3.68. The fraction of sp³-hybridized carbons (Fsp3) is 0.226. The lowest BCUT2D eigenvalue weighted by Gasteiger charge is -2.21. The quantitative estimate of drug-likeness (QED) is 0.206. The minimum atomic E-state index is -1.50. The van der Waals surface area contributed by atoms with Crippen LogP contribution in [0.1, 0.15) is 22.4 Å². The molecule has 0 saturated heterocycles. The first kappa shape index (κ1) is 23.1. The first-order valence-electron chi connectivity index (χ1n) is 12.1. The molecule has 2 aromatic heterocycles. The van der Waals surface area contributed by atoms with Gasteiger partial charge in [0, 0.05) is 34.5 Å². The summed E-state index contributed by atoms with van der Waals surface area (Å²) in [7, 11) is 0.663. The molecule has 0 bridgehead atoms. The zero-order valence-electron chi connectivity index (χ0n) is 21.6. The van der Waals surface area contributed by atoms with E-state index < -0.39 is 8.07 Å². The number of nitriles is 1. The van der Waals surface area contributed by atoms with Gasteiger partial charge in [0.25, 0.3) is 0 Å². The van der Waals surface area contributed by atoms with Crippen LogP contribution in [0.15, 0.2) is 65.1 Å². The Morgan fingerprint density at radius 2 is 1.54 bits per heavy atom. The van der Waals surface area contributed by atoms with Crippen molar-refractivity contribution >= 4 is 35.2 Å². The van der Waals surface area contributed by atoms with Gasteiger partial charge >= 0.3 is 0 Å². The molecule has 5 aromatic rings. The summed E-state index contributed by atoms with van der Waals surface area (Å²) in [5, 5.41) is 13.3. The van der Waals surface area contributed by atoms with Gasteiger partial charge in [0.15, 0.2) is 5.69 Å². The Balaban J connectivity index is 1.89. The summed E-state index contributed by atoms with van der Waals surface area (Å²) in [6, 6.07) is 23.0. The Kier molecular flexibility index (Phi) is 5.42. The summed E-state index contributed by atoms with van der Waals surface area (Å²) >= 11 is 0. The monoisotopic (exact) mass is 475 g/mol. The molecule has 0 saturated carbocycles. The molecule has 2 heterocycles. The molecule has 3 aromatic carbocycles. The lowest BCUT2D eigenvalue weighted by molar-refractivity contribution is -0.665. The Labute approximate surface area is 208 Å². The van der Waals surface area contributed by atoms with Gasteiger partial charge in [0.1, 0.15) is 18.2 Å². The lowest BCUT2D eigenvalue weighted by atomic mass is 9.97. The van der Waals surface area contributed by atoms with Crippen molar-refractivity contribution < 1.29 is 8.98 Å². The molecule has 3 nitrogen and oxygen atoms in total. The van der Waals surface area contributed by atoms with Gasteiger partial charge in [-0.25, -0.2) is 0 Å². The molecule has 0 unspecified atom stereocenters. The molecular weight excluding hydrogens is 444 g/mol. The van der Waals surface area contributed by atoms with Gasteiger partial charge in [0.2, 0.25) is 5.69 Å². The molecule has 0 radical (unpaired) electrons. The second-order valence-electron chi connectivity index (χ2n) is 10.6. The number of benzene rings is 3. The number of aromatic nitrogens is 1. The normalized spacial score (nSPS) is 11.8. The minimum absolute atomic E-state index is 0.637. The molecule has 0 spiro atoms. The highest BCUT2D eigenvalue weighted by Gasteiger charge is 2.30. The largest absolute Gasteiger partial charge is 0.454 e. The van der Waals surface area contributed by atoms with Crippen molar-refractivity contribution in [1.82, 2.24) is 0 Å². The molecule has 0 aliphatic carbocycles. The number of fused-ring (bicyclic) bond motifs is 3. The fourth-order valence-corrected chi connectivity index (χ4v) is 8.15. The van der Waals surface area contributed by atoms with Crippen molar-refractivity contribution in [3.63, 3.8) is 0 Å². The average Bonchev–Trinajstić information content (AvgIpc) is 3.19. The molecule has 0 aliphatic heterocycles. The van der Waals surface area contributed by atoms with Gasteiger partial charge in [-0.15, -0.1) is 0 Å². The van der Waals surface area contributed by atoms with Gasteiger partial charge in [-0.05, 0) is 42.7 Å². The van der Waals surface area contributed by atoms with Crippen molar-refractivity contribution in [2.45, 2.75) is 40.4 Å². The minimum Gasteiger partial charge on any atom is -0.454 e. The van der Waals surface area contributed by atoms with Crippen LogP contribution in [0.25, 0.3) is 44.3 Å². The predicted octanol–water partition coefficient (Wildman–Crippen LogP) is 7.09. The number of nitrogens with zero attached hydrogens (tertiary/aromatic N) is 2. The van der Waals surface area contributed by atoms with E-state index in [0.717, 1.165) is 44.3 Å². The van der Waals surface area contributed by atoms with Crippen LogP contribution in [0.5, 0.6) is 0 Å². The summed E-state index contributed by atoms with van der Waals surface area (Å²) in [5.41, 5.74) is 10.5. The summed E-state index contributed by atoms with van der Waals surface area (Å²) in [5.74, 6) is 0. The summed E-state index contributed by atoms with van der Waals surface area (Å²) in [6.45, 7) is 13.9. The van der Waals surface area contributed by atoms with E-state index in [1.54, 1.807) is 0 Å². The van der Waals surface area contributed by atoms with Gasteiger partial charge in [-0.1, -0.05) is 62.1 Å². The Morgan fingerprint density at radius 3 is 2.20 bits per heavy atom. The highest BCUT2D eigenvalue weighted by Crippen LogP contribution is 2.41. The van der Waals surface area contributed by atoms with Crippen molar-refractivity contribution in [3.05, 3.63) is 83.0 Å². The number of aryl methyl sites for hydroxylation is 2. The Morgan fingerprint density at radius 1 is 0.829 bits per heavy atom. The number of rotatable bonds is 3. The standard InChI is InChI=1S/C31H31N2OSi/c1-19-13-14-24-26-17-22(18-32)16-25(23-11-9-8-10-12-23)29(26)34-30(24)28(19)27-15-20(2)31(35(5,6)7)21(3)33(27)4/h8-17H,1-7H3/q+1. The molecule has 0 aliphatic rings. The molecule has 5 rings (SSSR count). The zero-order valence-corrected chi connectivity index (χ0v) is 22.6. The maximum atomic E-state index is 9.76. The summed E-state index contributed by atoms with van der Waals surface area (Å²) in [6.07, 6.45) is 0. The third-order valence-electron chi connectivity index (χ3n) is 7.14. The number of hydrogen-bond donors (Lipinski definition) is 0. The number of pyridine rings is 1. The van der Waals surface area contributed by atoms with Crippen LogP contribution in [0.2, 0.25) is 19.6 Å². The van der Waals surface area contributed by atoms with E-state index in [0.29, 0.717) is 5.56 Å². The number of hydrogen-bond acceptors (Lipinski definition) is 2. The smallest absolute Gasteiger partial charge is 0.216 e. The van der Waals surface area contributed by atoms with E-state index in [1.807, 2.05) is 30.3 Å². The van der Waals surface area contributed by atoms with Crippen molar-refractivity contribution in [2.75, 3.05) is 0 Å². The second-order valence-corrected chi connectivity index (χ2v) is 15.6. The molecule has 4 heteroatoms. The van der Waals surface area contributed by atoms with Crippen LogP contribution >= 0.6 is 0 Å². The lowest BCUT2D eigenvalue weighted by Crippen LogP contribution is -2.50. The molecule has 0 atom stereocenters. The van der Waals surface area contributed by atoms with E-state index in [9.17, 15) is 5.26 Å². The predicted molar refractivity (Wildman–Crippen MR) is 148 cm³/mol. The molecule has 0 fully saturated rings. The highest BCUT2D eigenvalue weighted by molar-refractivity contribution is 6.89.